The van der Waals surface area contributed by atoms with Crippen LogP contribution >= 0.6 is 0 Å². The zero-order valence-electron chi connectivity index (χ0n) is 9.35. The van der Waals surface area contributed by atoms with Crippen molar-refractivity contribution < 1.29 is 69.1 Å². The quantitative estimate of drug-likeness (QED) is 0.634. The van der Waals surface area contributed by atoms with Gasteiger partial charge in [-0.2, -0.15) is 0 Å². The van der Waals surface area contributed by atoms with Crippen LogP contribution < -0.4 is 62.2 Å². The van der Waals surface area contributed by atoms with Gasteiger partial charge in [-0.05, 0) is 12.5 Å². The van der Waals surface area contributed by atoms with Crippen molar-refractivity contribution >= 4 is 18.3 Å². The maximum absolute atomic E-state index is 12.3. The molecule has 0 bridgehead atoms. The molecule has 0 aliphatic heterocycles. The maximum atomic E-state index is 12.3. The van der Waals surface area contributed by atoms with Crippen LogP contribution in [0.15, 0.2) is 18.2 Å². The van der Waals surface area contributed by atoms with E-state index in [2.05, 4.69) is 5.32 Å². The molecule has 2 nitrogen and oxygen atoms in total. The van der Waals surface area contributed by atoms with Crippen molar-refractivity contribution in [2.75, 3.05) is 7.05 Å². The molecule has 0 radical (unpaired) electrons. The summed E-state index contributed by atoms with van der Waals surface area (Å²) in [5.41, 5.74) is -0.0903. The molecular weight excluding hydrogens is 245 g/mol. The first-order valence-electron chi connectivity index (χ1n) is 4.39. The van der Waals surface area contributed by atoms with Gasteiger partial charge < -0.3 is 18.3 Å². The van der Waals surface area contributed by atoms with Crippen molar-refractivity contribution in [3.05, 3.63) is 29.3 Å². The summed E-state index contributed by atoms with van der Waals surface area (Å²) < 4.78 is 37.0. The zero-order valence-corrected chi connectivity index (χ0v) is 12.5. The summed E-state index contributed by atoms with van der Waals surface area (Å²) in [7, 11) is 1.43. The second-order valence-electron chi connectivity index (χ2n) is 3.23. The molecule has 0 saturated heterocycles. The van der Waals surface area contributed by atoms with Gasteiger partial charge in [-0.25, -0.2) is 0 Å². The topological polar surface area (TPSA) is 29.1 Å². The smallest absolute Gasteiger partial charge is 0.445 e. The molecule has 1 amide bonds. The Hall–Kier alpha value is 0.181. The molecular formula is C9H10BF3KNO. The maximum Gasteiger partial charge on any atom is 1.00 e. The molecule has 0 atom stereocenters. The Morgan fingerprint density at radius 1 is 1.31 bits per heavy atom. The Morgan fingerprint density at radius 2 is 1.88 bits per heavy atom. The summed E-state index contributed by atoms with van der Waals surface area (Å²) in [6.07, 6.45) is 0. The summed E-state index contributed by atoms with van der Waals surface area (Å²) in [6.45, 7) is -3.51. The summed E-state index contributed by atoms with van der Waals surface area (Å²) in [6, 6.07) is 3.11. The van der Waals surface area contributed by atoms with Crippen molar-refractivity contribution in [2.24, 2.45) is 0 Å². The number of halogens is 3. The fourth-order valence-electron chi connectivity index (χ4n) is 1.28. The Bertz CT molecular complexity index is 395. The fourth-order valence-corrected chi connectivity index (χ4v) is 1.28. The number of benzene rings is 1. The summed E-state index contributed by atoms with van der Waals surface area (Å²) in [4.78, 5) is 11.2. The van der Waals surface area contributed by atoms with Crippen LogP contribution in [0.5, 0.6) is 0 Å². The third-order valence-corrected chi connectivity index (χ3v) is 2.10. The molecule has 0 aromatic heterocycles. The van der Waals surface area contributed by atoms with E-state index in [0.717, 1.165) is 12.1 Å². The van der Waals surface area contributed by atoms with Crippen LogP contribution in [0.2, 0.25) is 0 Å². The number of carbonyl (C=O) groups is 1. The first kappa shape index (κ1) is 16.2. The van der Waals surface area contributed by atoms with Gasteiger partial charge in [0, 0.05) is 12.6 Å². The summed E-state index contributed by atoms with van der Waals surface area (Å²) in [5.74, 6) is -0.381. The first-order chi connectivity index (χ1) is 6.86. The fraction of sp³-hybridized carbons (Fsp3) is 0.222. The average molecular weight is 255 g/mol. The van der Waals surface area contributed by atoms with Crippen LogP contribution in [0.25, 0.3) is 0 Å². The summed E-state index contributed by atoms with van der Waals surface area (Å²) in [5, 5.41) is 2.37. The molecule has 0 aliphatic carbocycles. The van der Waals surface area contributed by atoms with Crippen LogP contribution in [-0.2, 0) is 0 Å². The van der Waals surface area contributed by atoms with Gasteiger partial charge in [0.15, 0.2) is 0 Å². The number of aryl methyl sites for hydroxylation is 1. The Labute approximate surface area is 134 Å². The van der Waals surface area contributed by atoms with Gasteiger partial charge in [0.25, 0.3) is 5.91 Å². The molecule has 1 rings (SSSR count). The number of hydrogen-bond acceptors (Lipinski definition) is 1. The van der Waals surface area contributed by atoms with Gasteiger partial charge in [-0.1, -0.05) is 18.2 Å². The molecule has 0 heterocycles. The molecule has 16 heavy (non-hydrogen) atoms. The van der Waals surface area contributed by atoms with Crippen LogP contribution in [0, 0.1) is 6.92 Å². The molecule has 0 spiro atoms. The molecule has 82 valence electrons. The normalized spacial score (nSPS) is 10.6. The third kappa shape index (κ3) is 3.89. The van der Waals surface area contributed by atoms with E-state index in [1.807, 2.05) is 0 Å². The number of amides is 1. The molecule has 7 heteroatoms. The summed E-state index contributed by atoms with van der Waals surface area (Å²) >= 11 is 0. The van der Waals surface area contributed by atoms with E-state index in [1.165, 1.54) is 20.0 Å². The number of rotatable bonds is 2. The largest absolute Gasteiger partial charge is 1.00 e. The second-order valence-corrected chi connectivity index (χ2v) is 3.23. The van der Waals surface area contributed by atoms with E-state index in [1.54, 1.807) is 0 Å². The minimum atomic E-state index is -5.00. The van der Waals surface area contributed by atoms with Crippen molar-refractivity contribution in [1.29, 1.82) is 0 Å². The molecule has 0 aliphatic rings. The average Bonchev–Trinajstić information content (AvgIpc) is 2.15. The zero-order chi connectivity index (χ0) is 11.6. The van der Waals surface area contributed by atoms with Crippen molar-refractivity contribution in [3.63, 3.8) is 0 Å². The number of carbonyl (C=O) groups excluding carboxylic acids is 1. The van der Waals surface area contributed by atoms with E-state index in [9.17, 15) is 17.7 Å². The van der Waals surface area contributed by atoms with E-state index in [-0.39, 0.29) is 62.9 Å². The van der Waals surface area contributed by atoms with Crippen LogP contribution in [-0.4, -0.2) is 19.9 Å². The van der Waals surface area contributed by atoms with Gasteiger partial charge in [-0.15, -0.1) is 5.46 Å². The van der Waals surface area contributed by atoms with E-state index in [4.69, 9.17) is 0 Å². The first-order valence-corrected chi connectivity index (χ1v) is 4.39. The number of hydrogen-bond donors (Lipinski definition) is 1. The van der Waals surface area contributed by atoms with Gasteiger partial charge in [0.1, 0.15) is 0 Å². The van der Waals surface area contributed by atoms with Crippen molar-refractivity contribution in [3.8, 4) is 0 Å². The predicted octanol–water partition coefficient (Wildman–Crippen LogP) is -1.59. The van der Waals surface area contributed by atoms with Gasteiger partial charge in [0.2, 0.25) is 0 Å². The van der Waals surface area contributed by atoms with Gasteiger partial charge in [-0.3, -0.25) is 4.79 Å². The second kappa shape index (κ2) is 6.21. The standard InChI is InChI=1S/C9H10BF3NO.K/c1-6-5-7(10(11,12)13)3-4-8(6)9(15)14-2;/h3-5H,1-2H3,(H,14,15);/q-1;+1. The van der Waals surface area contributed by atoms with Crippen molar-refractivity contribution in [2.45, 2.75) is 6.92 Å². The van der Waals surface area contributed by atoms with Gasteiger partial charge >= 0.3 is 58.4 Å². The van der Waals surface area contributed by atoms with Gasteiger partial charge in [0.05, 0.1) is 0 Å². The SMILES string of the molecule is CNC(=O)c1ccc([B-](F)(F)F)cc1C.[K+]. The molecule has 1 N–H and O–H groups in total. The minimum absolute atomic E-state index is 0. The molecule has 0 fully saturated rings. The minimum Gasteiger partial charge on any atom is -0.445 e. The van der Waals surface area contributed by atoms with E-state index < -0.39 is 12.4 Å². The van der Waals surface area contributed by atoms with Crippen LogP contribution in [0.4, 0.5) is 12.9 Å². The Kier molecular flexibility index (Phi) is 6.28. The Balaban J connectivity index is 0.00000225. The molecule has 1 aromatic carbocycles. The van der Waals surface area contributed by atoms with E-state index >= 15 is 0 Å². The Morgan fingerprint density at radius 3 is 2.25 bits per heavy atom. The predicted molar refractivity (Wildman–Crippen MR) is 53.3 cm³/mol. The third-order valence-electron chi connectivity index (χ3n) is 2.10. The monoisotopic (exact) mass is 255 g/mol. The van der Waals surface area contributed by atoms with Crippen molar-refractivity contribution in [1.82, 2.24) is 5.32 Å². The molecule has 0 unspecified atom stereocenters. The molecule has 1 aromatic rings. The number of nitrogens with one attached hydrogen (secondary N) is 1. The molecule has 0 saturated carbocycles. The van der Waals surface area contributed by atoms with Crippen LogP contribution in [0.3, 0.4) is 0 Å². The van der Waals surface area contributed by atoms with E-state index in [0.29, 0.717) is 5.56 Å². The van der Waals surface area contributed by atoms with Crippen LogP contribution in [0.1, 0.15) is 15.9 Å².